The van der Waals surface area contributed by atoms with Crippen molar-refractivity contribution in [1.29, 1.82) is 0 Å². The molecule has 30 heavy (non-hydrogen) atoms. The van der Waals surface area contributed by atoms with Crippen LogP contribution in [0.25, 0.3) is 11.4 Å². The first-order valence-corrected chi connectivity index (χ1v) is 11.3. The topological polar surface area (TPSA) is 64.2 Å². The van der Waals surface area contributed by atoms with Crippen molar-refractivity contribution >= 4 is 29.3 Å². The zero-order valence-corrected chi connectivity index (χ0v) is 18.3. The molecule has 0 aliphatic heterocycles. The molecule has 1 aromatic carbocycles. The number of hydrogen-bond donors (Lipinski definition) is 0. The molecule has 156 valence electrons. The van der Waals surface area contributed by atoms with Crippen LogP contribution in [-0.4, -0.2) is 31.3 Å². The van der Waals surface area contributed by atoms with Gasteiger partial charge in [0, 0.05) is 23.3 Å². The lowest BCUT2D eigenvalue weighted by Gasteiger charge is -2.27. The Bertz CT molecular complexity index is 1030. The van der Waals surface area contributed by atoms with Crippen LogP contribution in [0.2, 0.25) is 5.02 Å². The number of rotatable bonds is 7. The zero-order valence-electron chi connectivity index (χ0n) is 16.8. The summed E-state index contributed by atoms with van der Waals surface area (Å²) >= 11 is 7.37. The fraction of sp³-hybridized carbons (Fsp3) is 0.318. The molecule has 3 aromatic rings. The highest BCUT2D eigenvalue weighted by Crippen LogP contribution is 2.27. The molecule has 0 atom stereocenters. The smallest absolute Gasteiger partial charge is 0.237 e. The van der Waals surface area contributed by atoms with Gasteiger partial charge in [0.1, 0.15) is 5.76 Å². The van der Waals surface area contributed by atoms with Gasteiger partial charge in [-0.15, -0.1) is 10.2 Å². The van der Waals surface area contributed by atoms with Crippen molar-refractivity contribution in [3.8, 4) is 11.4 Å². The largest absolute Gasteiger partial charge is 0.467 e. The molecule has 0 bridgehead atoms. The molecule has 0 radical (unpaired) electrons. The predicted molar refractivity (Wildman–Crippen MR) is 118 cm³/mol. The highest BCUT2D eigenvalue weighted by molar-refractivity contribution is 7.99. The second-order valence-electron chi connectivity index (χ2n) is 7.16. The van der Waals surface area contributed by atoms with Gasteiger partial charge in [-0.3, -0.25) is 4.79 Å². The van der Waals surface area contributed by atoms with Gasteiger partial charge in [0.2, 0.25) is 5.91 Å². The summed E-state index contributed by atoms with van der Waals surface area (Å²) in [7, 11) is 1.90. The molecule has 0 unspecified atom stereocenters. The van der Waals surface area contributed by atoms with E-state index in [0.717, 1.165) is 42.1 Å². The van der Waals surface area contributed by atoms with Crippen molar-refractivity contribution < 1.29 is 9.21 Å². The molecule has 0 spiro atoms. The normalized spacial score (nSPS) is 13.9. The number of aromatic nitrogens is 3. The SMILES string of the molecule is Cn1c(SCC(=O)N(Cc2ccco2)C2=CCCCC2)nnc1-c1ccc(Cl)cc1. The maximum Gasteiger partial charge on any atom is 0.237 e. The van der Waals surface area contributed by atoms with Gasteiger partial charge >= 0.3 is 0 Å². The van der Waals surface area contributed by atoms with Crippen molar-refractivity contribution in [1.82, 2.24) is 19.7 Å². The van der Waals surface area contributed by atoms with Gasteiger partial charge in [-0.25, -0.2) is 0 Å². The molecule has 8 heteroatoms. The highest BCUT2D eigenvalue weighted by atomic mass is 35.5. The average Bonchev–Trinajstić information content (AvgIpc) is 3.41. The zero-order chi connectivity index (χ0) is 20.9. The maximum atomic E-state index is 13.1. The molecule has 6 nitrogen and oxygen atoms in total. The van der Waals surface area contributed by atoms with Crippen LogP contribution in [0.4, 0.5) is 0 Å². The van der Waals surface area contributed by atoms with E-state index in [1.165, 1.54) is 18.2 Å². The Hall–Kier alpha value is -2.51. The minimum Gasteiger partial charge on any atom is -0.467 e. The predicted octanol–water partition coefficient (Wildman–Crippen LogP) is 5.31. The summed E-state index contributed by atoms with van der Waals surface area (Å²) in [4.78, 5) is 15.0. The molecule has 1 amide bonds. The highest BCUT2D eigenvalue weighted by Gasteiger charge is 2.22. The van der Waals surface area contributed by atoms with Gasteiger partial charge in [0.15, 0.2) is 11.0 Å². The van der Waals surface area contributed by atoms with Crippen LogP contribution in [0.1, 0.15) is 31.4 Å². The summed E-state index contributed by atoms with van der Waals surface area (Å²) in [5.41, 5.74) is 2.02. The molecule has 2 aromatic heterocycles. The van der Waals surface area contributed by atoms with Crippen LogP contribution in [0.3, 0.4) is 0 Å². The Balaban J connectivity index is 1.46. The summed E-state index contributed by atoms with van der Waals surface area (Å²) in [5, 5.41) is 9.93. The third-order valence-corrected chi connectivity index (χ3v) is 6.33. The quantitative estimate of drug-likeness (QED) is 0.464. The van der Waals surface area contributed by atoms with E-state index in [4.69, 9.17) is 16.0 Å². The molecule has 0 saturated heterocycles. The van der Waals surface area contributed by atoms with E-state index in [-0.39, 0.29) is 11.7 Å². The fourth-order valence-corrected chi connectivity index (χ4v) is 4.38. The Morgan fingerprint density at radius 2 is 2.07 bits per heavy atom. The van der Waals surface area contributed by atoms with Crippen molar-refractivity contribution in [3.05, 3.63) is 65.2 Å². The van der Waals surface area contributed by atoms with E-state index in [2.05, 4.69) is 16.3 Å². The molecule has 0 saturated carbocycles. The lowest BCUT2D eigenvalue weighted by atomic mass is 10.0. The van der Waals surface area contributed by atoms with Gasteiger partial charge < -0.3 is 13.9 Å². The first-order valence-electron chi connectivity index (χ1n) is 9.92. The van der Waals surface area contributed by atoms with E-state index in [1.54, 1.807) is 6.26 Å². The first kappa shape index (κ1) is 20.8. The standard InChI is InChI=1S/C22H23ClN4O2S/c1-26-21(16-9-11-17(23)12-10-16)24-25-22(26)30-15-20(28)27(14-19-8-5-13-29-19)18-6-3-2-4-7-18/h5-6,8-13H,2-4,7,14-15H2,1H3. The van der Waals surface area contributed by atoms with Gasteiger partial charge in [0.05, 0.1) is 18.6 Å². The van der Waals surface area contributed by atoms with Gasteiger partial charge in [-0.2, -0.15) is 0 Å². The second kappa shape index (κ2) is 9.53. The number of amides is 1. The number of carbonyl (C=O) groups is 1. The van der Waals surface area contributed by atoms with Crippen LogP contribution in [0.15, 0.2) is 64.0 Å². The number of nitrogens with zero attached hydrogens (tertiary/aromatic N) is 4. The lowest BCUT2D eigenvalue weighted by molar-refractivity contribution is -0.127. The molecule has 1 aliphatic rings. The maximum absolute atomic E-state index is 13.1. The summed E-state index contributed by atoms with van der Waals surface area (Å²) in [6, 6.07) is 11.2. The molecule has 0 fully saturated rings. The van der Waals surface area contributed by atoms with E-state index in [0.29, 0.717) is 16.7 Å². The number of allylic oxidation sites excluding steroid dienone is 2. The number of halogens is 1. The number of furan rings is 1. The number of benzene rings is 1. The van der Waals surface area contributed by atoms with Crippen LogP contribution in [0, 0.1) is 0 Å². The third-order valence-electron chi connectivity index (χ3n) is 5.07. The number of hydrogen-bond acceptors (Lipinski definition) is 5. The number of carbonyl (C=O) groups excluding carboxylic acids is 1. The Morgan fingerprint density at radius 1 is 1.23 bits per heavy atom. The summed E-state index contributed by atoms with van der Waals surface area (Å²) in [5.74, 6) is 1.85. The molecule has 2 heterocycles. The average molecular weight is 443 g/mol. The van der Waals surface area contributed by atoms with E-state index in [1.807, 2.05) is 52.9 Å². The summed E-state index contributed by atoms with van der Waals surface area (Å²) in [6.07, 6.45) is 8.03. The third kappa shape index (κ3) is 4.79. The van der Waals surface area contributed by atoms with Crippen LogP contribution in [0.5, 0.6) is 0 Å². The van der Waals surface area contributed by atoms with Crippen LogP contribution < -0.4 is 0 Å². The minimum atomic E-state index is 0.0422. The van der Waals surface area contributed by atoms with Crippen LogP contribution in [-0.2, 0) is 18.4 Å². The molecule has 0 N–H and O–H groups in total. The minimum absolute atomic E-state index is 0.0422. The summed E-state index contributed by atoms with van der Waals surface area (Å²) in [6.45, 7) is 0.451. The fourth-order valence-electron chi connectivity index (χ4n) is 3.47. The molecule has 4 rings (SSSR count). The number of thioether (sulfide) groups is 1. The van der Waals surface area contributed by atoms with Crippen molar-refractivity contribution in [2.45, 2.75) is 37.4 Å². The van der Waals surface area contributed by atoms with Crippen LogP contribution >= 0.6 is 23.4 Å². The molecular weight excluding hydrogens is 420 g/mol. The Labute approximate surface area is 184 Å². The van der Waals surface area contributed by atoms with Gasteiger partial charge in [-0.05, 0) is 62.1 Å². The van der Waals surface area contributed by atoms with Crippen molar-refractivity contribution in [3.63, 3.8) is 0 Å². The van der Waals surface area contributed by atoms with E-state index < -0.39 is 0 Å². The first-order chi connectivity index (χ1) is 14.6. The second-order valence-corrected chi connectivity index (χ2v) is 8.54. The monoisotopic (exact) mass is 442 g/mol. The molecule has 1 aliphatic carbocycles. The Morgan fingerprint density at radius 3 is 2.77 bits per heavy atom. The van der Waals surface area contributed by atoms with E-state index >= 15 is 0 Å². The Kier molecular flexibility index (Phi) is 6.59. The van der Waals surface area contributed by atoms with Gasteiger partial charge in [0.25, 0.3) is 0 Å². The van der Waals surface area contributed by atoms with Gasteiger partial charge in [-0.1, -0.05) is 29.4 Å². The van der Waals surface area contributed by atoms with Crippen molar-refractivity contribution in [2.24, 2.45) is 7.05 Å². The lowest BCUT2D eigenvalue weighted by Crippen LogP contribution is -2.32. The van der Waals surface area contributed by atoms with E-state index in [9.17, 15) is 4.79 Å². The molecular formula is C22H23ClN4O2S. The summed E-state index contributed by atoms with van der Waals surface area (Å²) < 4.78 is 7.38. The van der Waals surface area contributed by atoms with Crippen molar-refractivity contribution in [2.75, 3.05) is 5.75 Å².